The summed E-state index contributed by atoms with van der Waals surface area (Å²) in [5.41, 5.74) is 2.01. The van der Waals surface area contributed by atoms with Crippen LogP contribution in [-0.2, 0) is 12.8 Å². The first-order chi connectivity index (χ1) is 6.68. The highest BCUT2D eigenvalue weighted by molar-refractivity contribution is 5.31. The maximum absolute atomic E-state index is 10.6. The summed E-state index contributed by atoms with van der Waals surface area (Å²) in [6, 6.07) is 6.71. The van der Waals surface area contributed by atoms with Gasteiger partial charge in [0.2, 0.25) is 6.04 Å². The van der Waals surface area contributed by atoms with E-state index in [0.29, 0.717) is 12.8 Å². The van der Waals surface area contributed by atoms with Crippen LogP contribution in [0, 0.1) is 10.1 Å². The molecule has 4 heteroatoms. The van der Waals surface area contributed by atoms with Crippen molar-refractivity contribution in [3.8, 4) is 0 Å². The third kappa shape index (κ3) is 1.48. The predicted octanol–water partition coefficient (Wildman–Crippen LogP) is 0.791. The number of benzene rings is 1. The van der Waals surface area contributed by atoms with Crippen LogP contribution in [0.15, 0.2) is 24.3 Å². The molecule has 0 spiro atoms. The SMILES string of the molecule is O=[N+]([O-])C1Cc2ccccc2CC1O. The van der Waals surface area contributed by atoms with E-state index < -0.39 is 12.1 Å². The van der Waals surface area contributed by atoms with Crippen molar-refractivity contribution in [3.05, 3.63) is 45.5 Å². The molecule has 2 rings (SSSR count). The molecule has 0 bridgehead atoms. The summed E-state index contributed by atoms with van der Waals surface area (Å²) in [7, 11) is 0. The molecule has 0 saturated heterocycles. The summed E-state index contributed by atoms with van der Waals surface area (Å²) in [6.07, 6.45) is -0.119. The first-order valence-electron chi connectivity index (χ1n) is 4.57. The summed E-state index contributed by atoms with van der Waals surface area (Å²) in [5.74, 6) is 0. The molecule has 1 aliphatic rings. The van der Waals surface area contributed by atoms with Crippen LogP contribution in [-0.4, -0.2) is 22.2 Å². The fourth-order valence-electron chi connectivity index (χ4n) is 1.89. The quantitative estimate of drug-likeness (QED) is 0.529. The number of nitrogens with zero attached hydrogens (tertiary/aromatic N) is 1. The van der Waals surface area contributed by atoms with Gasteiger partial charge in [0.25, 0.3) is 0 Å². The van der Waals surface area contributed by atoms with E-state index in [1.54, 1.807) is 0 Å². The second kappa shape index (κ2) is 3.38. The Morgan fingerprint density at radius 3 is 2.43 bits per heavy atom. The Labute approximate surface area is 81.3 Å². The van der Waals surface area contributed by atoms with E-state index in [1.807, 2.05) is 24.3 Å². The van der Waals surface area contributed by atoms with E-state index in [0.717, 1.165) is 11.1 Å². The maximum Gasteiger partial charge on any atom is 0.242 e. The van der Waals surface area contributed by atoms with Gasteiger partial charge in [-0.25, -0.2) is 0 Å². The fourth-order valence-corrected chi connectivity index (χ4v) is 1.89. The van der Waals surface area contributed by atoms with Gasteiger partial charge in [-0.15, -0.1) is 0 Å². The van der Waals surface area contributed by atoms with Crippen molar-refractivity contribution < 1.29 is 10.0 Å². The molecule has 0 heterocycles. The molecule has 1 aromatic carbocycles. The topological polar surface area (TPSA) is 63.4 Å². The van der Waals surface area contributed by atoms with Crippen LogP contribution < -0.4 is 0 Å². The van der Waals surface area contributed by atoms with Gasteiger partial charge < -0.3 is 5.11 Å². The number of nitro groups is 1. The Balaban J connectivity index is 2.31. The Morgan fingerprint density at radius 1 is 1.29 bits per heavy atom. The number of hydrogen-bond acceptors (Lipinski definition) is 3. The lowest BCUT2D eigenvalue weighted by Crippen LogP contribution is -2.40. The molecule has 0 aliphatic heterocycles. The van der Waals surface area contributed by atoms with Gasteiger partial charge in [0.15, 0.2) is 0 Å². The third-order valence-corrected chi connectivity index (χ3v) is 2.69. The highest BCUT2D eigenvalue weighted by Gasteiger charge is 2.34. The van der Waals surface area contributed by atoms with Crippen LogP contribution in [0.3, 0.4) is 0 Å². The molecular formula is C10H11NO3. The molecule has 4 nitrogen and oxygen atoms in total. The zero-order valence-corrected chi connectivity index (χ0v) is 7.59. The average Bonchev–Trinajstić information content (AvgIpc) is 2.16. The summed E-state index contributed by atoms with van der Waals surface area (Å²) >= 11 is 0. The minimum absolute atomic E-state index is 0.338. The smallest absolute Gasteiger partial charge is 0.242 e. The summed E-state index contributed by atoms with van der Waals surface area (Å²) < 4.78 is 0. The summed E-state index contributed by atoms with van der Waals surface area (Å²) in [5, 5.41) is 20.2. The molecule has 1 aliphatic carbocycles. The largest absolute Gasteiger partial charge is 0.386 e. The van der Waals surface area contributed by atoms with Crippen LogP contribution in [0.5, 0.6) is 0 Å². The summed E-state index contributed by atoms with van der Waals surface area (Å²) in [4.78, 5) is 10.2. The summed E-state index contributed by atoms with van der Waals surface area (Å²) in [6.45, 7) is 0. The van der Waals surface area contributed by atoms with Gasteiger partial charge in [-0.3, -0.25) is 10.1 Å². The van der Waals surface area contributed by atoms with Crippen molar-refractivity contribution >= 4 is 0 Å². The van der Waals surface area contributed by atoms with Crippen LogP contribution in [0.2, 0.25) is 0 Å². The van der Waals surface area contributed by atoms with Crippen LogP contribution >= 0.6 is 0 Å². The van der Waals surface area contributed by atoms with Crippen molar-refractivity contribution in [1.29, 1.82) is 0 Å². The zero-order chi connectivity index (χ0) is 10.1. The van der Waals surface area contributed by atoms with E-state index in [1.165, 1.54) is 0 Å². The molecule has 0 amide bonds. The minimum Gasteiger partial charge on any atom is -0.386 e. The van der Waals surface area contributed by atoms with Crippen molar-refractivity contribution in [3.63, 3.8) is 0 Å². The highest BCUT2D eigenvalue weighted by Crippen LogP contribution is 2.22. The van der Waals surface area contributed by atoms with E-state index in [-0.39, 0.29) is 4.92 Å². The number of fused-ring (bicyclic) bond motifs is 1. The van der Waals surface area contributed by atoms with E-state index >= 15 is 0 Å². The highest BCUT2D eigenvalue weighted by atomic mass is 16.6. The van der Waals surface area contributed by atoms with Gasteiger partial charge in [-0.05, 0) is 11.1 Å². The maximum atomic E-state index is 10.6. The number of rotatable bonds is 1. The van der Waals surface area contributed by atoms with Gasteiger partial charge in [-0.2, -0.15) is 0 Å². The Hall–Kier alpha value is -1.42. The molecule has 0 radical (unpaired) electrons. The predicted molar refractivity (Wildman–Crippen MR) is 50.6 cm³/mol. The molecule has 1 N–H and O–H groups in total. The molecule has 2 unspecified atom stereocenters. The van der Waals surface area contributed by atoms with Gasteiger partial charge in [0, 0.05) is 17.8 Å². The minimum atomic E-state index is -0.847. The van der Waals surface area contributed by atoms with Crippen molar-refractivity contribution in [2.45, 2.75) is 25.0 Å². The van der Waals surface area contributed by atoms with Gasteiger partial charge in [0.05, 0.1) is 0 Å². The van der Waals surface area contributed by atoms with Crippen molar-refractivity contribution in [2.75, 3.05) is 0 Å². The molecule has 14 heavy (non-hydrogen) atoms. The lowest BCUT2D eigenvalue weighted by Gasteiger charge is -2.23. The van der Waals surface area contributed by atoms with E-state index in [9.17, 15) is 15.2 Å². The first-order valence-corrected chi connectivity index (χ1v) is 4.57. The van der Waals surface area contributed by atoms with Crippen LogP contribution in [0.25, 0.3) is 0 Å². The standard InChI is InChI=1S/C10H11NO3/c12-10-6-8-4-2-1-3-7(8)5-9(10)11(13)14/h1-4,9-10,12H,5-6H2. The Kier molecular flexibility index (Phi) is 2.21. The molecule has 74 valence electrons. The van der Waals surface area contributed by atoms with Crippen molar-refractivity contribution in [2.24, 2.45) is 0 Å². The van der Waals surface area contributed by atoms with Gasteiger partial charge >= 0.3 is 0 Å². The fraction of sp³-hybridized carbons (Fsp3) is 0.400. The van der Waals surface area contributed by atoms with Crippen molar-refractivity contribution in [1.82, 2.24) is 0 Å². The first kappa shape index (κ1) is 9.15. The second-order valence-electron chi connectivity index (χ2n) is 3.60. The number of aliphatic hydroxyl groups excluding tert-OH is 1. The monoisotopic (exact) mass is 193 g/mol. The van der Waals surface area contributed by atoms with Crippen LogP contribution in [0.4, 0.5) is 0 Å². The Bertz CT molecular complexity index is 364. The molecule has 1 aromatic rings. The van der Waals surface area contributed by atoms with Gasteiger partial charge in [0.1, 0.15) is 6.10 Å². The number of aliphatic hydroxyl groups is 1. The van der Waals surface area contributed by atoms with Crippen LogP contribution in [0.1, 0.15) is 11.1 Å². The van der Waals surface area contributed by atoms with Gasteiger partial charge in [-0.1, -0.05) is 24.3 Å². The normalized spacial score (nSPS) is 25.5. The zero-order valence-electron chi connectivity index (χ0n) is 7.59. The van der Waals surface area contributed by atoms with E-state index in [4.69, 9.17) is 0 Å². The molecule has 0 aromatic heterocycles. The molecule has 0 saturated carbocycles. The lowest BCUT2D eigenvalue weighted by atomic mass is 9.86. The molecule has 2 atom stereocenters. The van der Waals surface area contributed by atoms with E-state index in [2.05, 4.69) is 0 Å². The lowest BCUT2D eigenvalue weighted by molar-refractivity contribution is -0.534. The average molecular weight is 193 g/mol. The molecule has 0 fully saturated rings. The third-order valence-electron chi connectivity index (χ3n) is 2.69. The number of hydrogen-bond donors (Lipinski definition) is 1. The second-order valence-corrected chi connectivity index (χ2v) is 3.60. The Morgan fingerprint density at radius 2 is 1.86 bits per heavy atom. The molecular weight excluding hydrogens is 182 g/mol.